The van der Waals surface area contributed by atoms with Crippen molar-refractivity contribution in [2.24, 2.45) is 5.73 Å². The third-order valence-electron chi connectivity index (χ3n) is 5.65. The van der Waals surface area contributed by atoms with E-state index in [0.29, 0.717) is 17.9 Å². The van der Waals surface area contributed by atoms with Gasteiger partial charge in [-0.2, -0.15) is 0 Å². The van der Waals surface area contributed by atoms with E-state index in [0.717, 1.165) is 39.0 Å². The van der Waals surface area contributed by atoms with Crippen molar-refractivity contribution in [1.82, 2.24) is 0 Å². The van der Waals surface area contributed by atoms with Gasteiger partial charge in [-0.1, -0.05) is 63.2 Å². The fourth-order valence-corrected chi connectivity index (χ4v) is 4.06. The Morgan fingerprint density at radius 2 is 1.76 bits per heavy atom. The van der Waals surface area contributed by atoms with E-state index in [4.69, 9.17) is 14.9 Å². The standard InChI is InChI=1S/C28H29NO4/c1-28(2,3)27-23(17-32-24-10-5-4-8-21(24)15-26(30)31)22-14-20(11-12-25(22)33-27)19-9-6-7-18(13-19)16-29/h4-14H,15-17,29H2,1-3H3,(H,30,31). The number of carboxylic acids is 1. The summed E-state index contributed by atoms with van der Waals surface area (Å²) in [6, 6.07) is 21.6. The molecule has 33 heavy (non-hydrogen) atoms. The van der Waals surface area contributed by atoms with Gasteiger partial charge in [0.15, 0.2) is 0 Å². The first-order valence-electron chi connectivity index (χ1n) is 11.0. The Hall–Kier alpha value is -3.57. The summed E-state index contributed by atoms with van der Waals surface area (Å²) >= 11 is 0. The molecule has 0 aliphatic rings. The van der Waals surface area contributed by atoms with Crippen molar-refractivity contribution in [3.8, 4) is 16.9 Å². The lowest BCUT2D eigenvalue weighted by Gasteiger charge is -2.18. The lowest BCUT2D eigenvalue weighted by Crippen LogP contribution is -2.14. The van der Waals surface area contributed by atoms with Crippen LogP contribution in [0.1, 0.15) is 43.2 Å². The van der Waals surface area contributed by atoms with Crippen LogP contribution in [0.4, 0.5) is 0 Å². The summed E-state index contributed by atoms with van der Waals surface area (Å²) in [6.07, 6.45) is -0.0872. The zero-order valence-electron chi connectivity index (χ0n) is 19.2. The van der Waals surface area contributed by atoms with Gasteiger partial charge in [0.25, 0.3) is 0 Å². The maximum atomic E-state index is 11.3. The molecule has 1 aromatic heterocycles. The molecular formula is C28H29NO4. The number of hydrogen-bond acceptors (Lipinski definition) is 4. The average molecular weight is 444 g/mol. The minimum absolute atomic E-state index is 0.0872. The van der Waals surface area contributed by atoms with Crippen LogP contribution < -0.4 is 10.5 Å². The van der Waals surface area contributed by atoms with E-state index in [1.807, 2.05) is 30.3 Å². The van der Waals surface area contributed by atoms with Gasteiger partial charge in [-0.25, -0.2) is 0 Å². The fourth-order valence-electron chi connectivity index (χ4n) is 4.06. The Kier molecular flexibility index (Phi) is 6.25. The number of benzene rings is 3. The normalized spacial score (nSPS) is 11.6. The molecular weight excluding hydrogens is 414 g/mol. The molecule has 0 saturated carbocycles. The molecule has 0 radical (unpaired) electrons. The lowest BCUT2D eigenvalue weighted by atomic mass is 9.89. The molecule has 1 heterocycles. The van der Waals surface area contributed by atoms with Crippen molar-refractivity contribution in [2.45, 2.75) is 45.8 Å². The van der Waals surface area contributed by atoms with E-state index in [9.17, 15) is 9.90 Å². The van der Waals surface area contributed by atoms with Gasteiger partial charge < -0.3 is 20.0 Å². The molecule has 5 heteroatoms. The maximum absolute atomic E-state index is 11.3. The van der Waals surface area contributed by atoms with E-state index >= 15 is 0 Å². The number of fused-ring (bicyclic) bond motifs is 1. The number of hydrogen-bond donors (Lipinski definition) is 2. The molecule has 0 amide bonds. The summed E-state index contributed by atoms with van der Waals surface area (Å²) in [5, 5.41) is 10.2. The van der Waals surface area contributed by atoms with Gasteiger partial charge in [0.1, 0.15) is 23.7 Å². The minimum atomic E-state index is -0.889. The van der Waals surface area contributed by atoms with Crippen LogP contribution in [-0.4, -0.2) is 11.1 Å². The van der Waals surface area contributed by atoms with Gasteiger partial charge in [-0.15, -0.1) is 0 Å². The Balaban J connectivity index is 1.76. The Bertz CT molecular complexity index is 1300. The van der Waals surface area contributed by atoms with Gasteiger partial charge in [0.2, 0.25) is 0 Å². The topological polar surface area (TPSA) is 85.7 Å². The Morgan fingerprint density at radius 3 is 2.48 bits per heavy atom. The van der Waals surface area contributed by atoms with Crippen molar-refractivity contribution in [2.75, 3.05) is 0 Å². The predicted octanol–water partition coefficient (Wildman–Crippen LogP) is 6.06. The Labute approximate surface area is 193 Å². The average Bonchev–Trinajstić information content (AvgIpc) is 3.16. The van der Waals surface area contributed by atoms with Crippen LogP contribution in [0.15, 0.2) is 71.1 Å². The van der Waals surface area contributed by atoms with Gasteiger partial charge in [-0.05, 0) is 41.0 Å². The van der Waals surface area contributed by atoms with Gasteiger partial charge in [-0.3, -0.25) is 4.79 Å². The highest BCUT2D eigenvalue weighted by Crippen LogP contribution is 2.37. The van der Waals surface area contributed by atoms with E-state index in [-0.39, 0.29) is 18.4 Å². The van der Waals surface area contributed by atoms with Crippen LogP contribution in [0.25, 0.3) is 22.1 Å². The molecule has 170 valence electrons. The van der Waals surface area contributed by atoms with Crippen LogP contribution in [-0.2, 0) is 29.8 Å². The number of rotatable bonds is 7. The molecule has 5 nitrogen and oxygen atoms in total. The van der Waals surface area contributed by atoms with Crippen LogP contribution in [0.3, 0.4) is 0 Å². The molecule has 0 fully saturated rings. The second-order valence-corrected chi connectivity index (χ2v) is 9.24. The van der Waals surface area contributed by atoms with Crippen molar-refractivity contribution in [1.29, 1.82) is 0 Å². The van der Waals surface area contributed by atoms with E-state index in [1.54, 1.807) is 12.1 Å². The van der Waals surface area contributed by atoms with Crippen molar-refractivity contribution in [3.05, 3.63) is 89.2 Å². The van der Waals surface area contributed by atoms with Crippen LogP contribution in [0.5, 0.6) is 5.75 Å². The second kappa shape index (κ2) is 9.12. The minimum Gasteiger partial charge on any atom is -0.488 e. The number of furan rings is 1. The fraction of sp³-hybridized carbons (Fsp3) is 0.250. The van der Waals surface area contributed by atoms with Crippen molar-refractivity contribution in [3.63, 3.8) is 0 Å². The van der Waals surface area contributed by atoms with Crippen LogP contribution >= 0.6 is 0 Å². The third kappa shape index (κ3) is 4.94. The Morgan fingerprint density at radius 1 is 1.00 bits per heavy atom. The number of aliphatic carboxylic acids is 1. The highest BCUT2D eigenvalue weighted by Gasteiger charge is 2.26. The first-order valence-corrected chi connectivity index (χ1v) is 11.0. The smallest absolute Gasteiger partial charge is 0.307 e. The summed E-state index contributed by atoms with van der Waals surface area (Å²) < 4.78 is 12.5. The van der Waals surface area contributed by atoms with Crippen molar-refractivity contribution >= 4 is 16.9 Å². The first kappa shape index (κ1) is 22.6. The van der Waals surface area contributed by atoms with Crippen LogP contribution in [0.2, 0.25) is 0 Å². The zero-order valence-corrected chi connectivity index (χ0v) is 19.2. The SMILES string of the molecule is CC(C)(C)c1oc2ccc(-c3cccc(CN)c3)cc2c1COc1ccccc1CC(=O)O. The highest BCUT2D eigenvalue weighted by atomic mass is 16.5. The highest BCUT2D eigenvalue weighted by molar-refractivity contribution is 5.87. The number of ether oxygens (including phenoxy) is 1. The zero-order chi connectivity index (χ0) is 23.6. The van der Waals surface area contributed by atoms with E-state index in [1.165, 1.54) is 0 Å². The largest absolute Gasteiger partial charge is 0.488 e. The molecule has 0 aliphatic carbocycles. The molecule has 3 N–H and O–H groups in total. The van der Waals surface area contributed by atoms with E-state index < -0.39 is 5.97 Å². The van der Waals surface area contributed by atoms with Crippen LogP contribution in [0, 0.1) is 0 Å². The molecule has 0 unspecified atom stereocenters. The second-order valence-electron chi connectivity index (χ2n) is 9.24. The monoisotopic (exact) mass is 443 g/mol. The molecule has 0 spiro atoms. The van der Waals surface area contributed by atoms with Gasteiger partial charge >= 0.3 is 5.97 Å². The molecule has 0 aliphatic heterocycles. The summed E-state index contributed by atoms with van der Waals surface area (Å²) in [4.78, 5) is 11.3. The maximum Gasteiger partial charge on any atom is 0.307 e. The number of carboxylic acid groups (broad SMARTS) is 1. The molecule has 4 aromatic rings. The molecule has 0 saturated heterocycles. The quantitative estimate of drug-likeness (QED) is 0.362. The van der Waals surface area contributed by atoms with Gasteiger partial charge in [0.05, 0.1) is 6.42 Å². The summed E-state index contributed by atoms with van der Waals surface area (Å²) in [5.41, 5.74) is 11.3. The number of para-hydroxylation sites is 1. The van der Waals surface area contributed by atoms with E-state index in [2.05, 4.69) is 45.0 Å². The lowest BCUT2D eigenvalue weighted by molar-refractivity contribution is -0.136. The van der Waals surface area contributed by atoms with Crippen molar-refractivity contribution < 1.29 is 19.1 Å². The summed E-state index contributed by atoms with van der Waals surface area (Å²) in [7, 11) is 0. The molecule has 4 rings (SSSR count). The third-order valence-corrected chi connectivity index (χ3v) is 5.65. The van der Waals surface area contributed by atoms with Gasteiger partial charge in [0, 0.05) is 28.5 Å². The molecule has 0 bridgehead atoms. The number of nitrogens with two attached hydrogens (primary N) is 1. The molecule has 3 aromatic carbocycles. The number of carbonyl (C=O) groups is 1. The summed E-state index contributed by atoms with van der Waals surface area (Å²) in [5.74, 6) is 0.543. The predicted molar refractivity (Wildman–Crippen MR) is 130 cm³/mol. The molecule has 0 atom stereocenters. The summed E-state index contributed by atoms with van der Waals surface area (Å²) in [6.45, 7) is 7.10. The first-order chi connectivity index (χ1) is 15.8.